The van der Waals surface area contributed by atoms with E-state index in [2.05, 4.69) is 134 Å². The Labute approximate surface area is 606 Å². The average Bonchev–Trinajstić information content (AvgIpc) is 1.65. The summed E-state index contributed by atoms with van der Waals surface area (Å²) in [6.45, 7) is 15.5. The Kier molecular flexibility index (Phi) is 20.8. The highest BCUT2D eigenvalue weighted by Crippen LogP contribution is 2.28. The van der Waals surface area contributed by atoms with Gasteiger partial charge in [-0.05, 0) is 109 Å². The maximum absolute atomic E-state index is 13.1. The summed E-state index contributed by atoms with van der Waals surface area (Å²) < 4.78 is 22.4. The number of aliphatic hydroxyl groups is 1. The molecule has 4 aliphatic rings. The van der Waals surface area contributed by atoms with Gasteiger partial charge in [0.1, 0.15) is 12.1 Å². The molecule has 5 N–H and O–H groups in total. The lowest BCUT2D eigenvalue weighted by Crippen LogP contribution is -2.43. The number of benzene rings is 1. The highest BCUT2D eigenvalue weighted by molar-refractivity contribution is 5.93. The number of nitrogens with zero attached hydrogens (tertiary/aromatic N) is 23. The fraction of sp³-hybridized carbons (Fsp3) is 0.315. The van der Waals surface area contributed by atoms with Crippen LogP contribution in [0.5, 0.6) is 0 Å². The van der Waals surface area contributed by atoms with E-state index in [9.17, 15) is 28.7 Å². The molecule has 542 valence electrons. The summed E-state index contributed by atoms with van der Waals surface area (Å²) in [5.41, 5.74) is 7.39. The molecule has 4 saturated heterocycles. The van der Waals surface area contributed by atoms with Gasteiger partial charge in [-0.1, -0.05) is 27.7 Å². The first-order chi connectivity index (χ1) is 51.5. The van der Waals surface area contributed by atoms with Crippen molar-refractivity contribution in [3.8, 4) is 5.69 Å². The number of aliphatic hydroxyl groups excluding tert-OH is 1. The number of aryl methyl sites for hydroxylation is 1. The number of hydrogen-bond acceptors (Lipinski definition) is 23. The third-order valence-corrected chi connectivity index (χ3v) is 18.7. The third-order valence-electron chi connectivity index (χ3n) is 18.7. The zero-order valence-corrected chi connectivity index (χ0v) is 58.8. The lowest BCUT2D eigenvalue weighted by molar-refractivity contribution is 0.0881. The van der Waals surface area contributed by atoms with Gasteiger partial charge in [-0.2, -0.15) is 5.10 Å². The van der Waals surface area contributed by atoms with Crippen LogP contribution in [-0.2, 0) is 0 Å². The van der Waals surface area contributed by atoms with Crippen LogP contribution in [0.2, 0.25) is 0 Å². The lowest BCUT2D eigenvalue weighted by Gasteiger charge is -2.18. The van der Waals surface area contributed by atoms with Crippen LogP contribution in [0.3, 0.4) is 0 Å². The van der Waals surface area contributed by atoms with Crippen LogP contribution >= 0.6 is 0 Å². The number of carbonyl (C=O) groups excluding carboxylic acids is 4. The van der Waals surface area contributed by atoms with Crippen molar-refractivity contribution < 1.29 is 28.7 Å². The van der Waals surface area contributed by atoms with E-state index in [4.69, 9.17) is 0 Å². The first-order valence-electron chi connectivity index (χ1n) is 34.9. The van der Waals surface area contributed by atoms with Crippen molar-refractivity contribution in [1.82, 2.24) is 114 Å². The van der Waals surface area contributed by atoms with E-state index in [1.807, 2.05) is 97.1 Å². The topological polar surface area (TPSA) is 353 Å². The van der Waals surface area contributed by atoms with Gasteiger partial charge in [0, 0.05) is 188 Å². The first kappa shape index (κ1) is 70.2. The average molecular weight is 1430 g/mol. The minimum Gasteiger partial charge on any atom is -0.389 e. The molecule has 0 radical (unpaired) electrons. The van der Waals surface area contributed by atoms with Gasteiger partial charge in [-0.25, -0.2) is 63.9 Å². The second-order valence-electron chi connectivity index (χ2n) is 26.8. The van der Waals surface area contributed by atoms with Gasteiger partial charge in [0.25, 0.3) is 23.6 Å². The van der Waals surface area contributed by atoms with Crippen molar-refractivity contribution in [3.05, 3.63) is 224 Å². The normalized spacial score (nSPS) is 17.7. The Balaban J connectivity index is 0.000000119. The molecule has 4 amide bonds. The molecule has 1 aromatic carbocycles. The van der Waals surface area contributed by atoms with Gasteiger partial charge in [0.2, 0.25) is 23.1 Å². The van der Waals surface area contributed by atoms with Gasteiger partial charge in [0.15, 0.2) is 34.6 Å². The van der Waals surface area contributed by atoms with E-state index >= 15 is 0 Å². The van der Waals surface area contributed by atoms with Crippen molar-refractivity contribution in [3.63, 3.8) is 0 Å². The molecule has 4 aliphatic heterocycles. The number of amides is 4. The van der Waals surface area contributed by atoms with Crippen LogP contribution in [0.15, 0.2) is 179 Å². The van der Waals surface area contributed by atoms with Crippen LogP contribution in [-0.4, -0.2) is 204 Å². The number of anilines is 4. The Hall–Kier alpha value is -12.8. The number of hydrogen-bond donors (Lipinski definition) is 5. The molecule has 0 bridgehead atoms. The second-order valence-corrected chi connectivity index (χ2v) is 26.8. The summed E-state index contributed by atoms with van der Waals surface area (Å²) in [4.78, 5) is 105. The number of halogens is 1. The number of imidazole rings is 1. The summed E-state index contributed by atoms with van der Waals surface area (Å²) in [6.07, 6.45) is 37.3. The number of carbonyl (C=O) groups is 4. The zero-order valence-electron chi connectivity index (χ0n) is 58.8. The van der Waals surface area contributed by atoms with E-state index in [-0.39, 0.29) is 70.7 Å². The minimum absolute atomic E-state index is 0.0147. The monoisotopic (exact) mass is 1430 g/mol. The summed E-state index contributed by atoms with van der Waals surface area (Å²) >= 11 is 0. The first-order valence-corrected chi connectivity index (χ1v) is 34.9. The molecular weight excluding hydrogens is 1350 g/mol. The number of β-amino-alcohol motifs (C(OH)–C–C–N with tert-alkyl or cyclic N) is 1. The predicted octanol–water partition coefficient (Wildman–Crippen LogP) is 5.78. The predicted molar refractivity (Wildman–Crippen MR) is 390 cm³/mol. The van der Waals surface area contributed by atoms with Crippen LogP contribution in [0, 0.1) is 12.7 Å². The summed E-state index contributed by atoms with van der Waals surface area (Å²) in [5, 5.41) is 34.7. The van der Waals surface area contributed by atoms with Crippen LogP contribution in [0.4, 0.5) is 27.7 Å². The maximum atomic E-state index is 13.1. The van der Waals surface area contributed by atoms with E-state index in [0.29, 0.717) is 49.3 Å². The molecule has 0 spiro atoms. The molecule has 13 aromatic rings. The van der Waals surface area contributed by atoms with Crippen molar-refractivity contribution in [1.29, 1.82) is 0 Å². The standard InChI is InChI=1S/C21H19FN6O2.C18H21N7O.C17H20N8O.C17H18N6O/c22-14-3-5-15(6-4-14)28-10-7-16(25-28)21(30)24-17-12-27(13-19(17)29)20-18-2-1-9-26(18)11-8-23-20;1-12(2)13-9-21-15(22-10-13)18(26)23-14-3-6-25(11-14)17-16-19-4-7-24(16)8-5-20-17;1-11(2)12-7-19-14(20-8-12)17(26)22-13-3-5-24(9-13)15-16-23-21-10-25(16)6-4-18-15;1-12-9-19-15(20-10-12)17(24)21-13-4-7-23(11-13)16-14-3-2-6-22(14)8-5-18-16/h1-11,17,19,29H,12-13H2,(H,24,30);4-5,7-10,12,14H,3,6,11H2,1-2H3,(H,23,26);4,6-8,10-11,13H,3,5,9H2,1-2H3,(H,22,26);2-3,5-6,8-10,13H,4,7,11H2,1H3,(H,21,24)/t17-,19+;14-;2*13-/m1000/s1. The van der Waals surface area contributed by atoms with Crippen molar-refractivity contribution in [2.75, 3.05) is 72.0 Å². The molecule has 5 atom stereocenters. The zero-order chi connectivity index (χ0) is 73.4. The minimum atomic E-state index is -0.731. The van der Waals surface area contributed by atoms with E-state index in [1.165, 1.54) is 16.8 Å². The molecule has 0 saturated carbocycles. The largest absolute Gasteiger partial charge is 0.389 e. The van der Waals surface area contributed by atoms with Gasteiger partial charge in [-0.15, -0.1) is 10.2 Å². The summed E-state index contributed by atoms with van der Waals surface area (Å²) in [5.74, 6) is 3.20. The van der Waals surface area contributed by atoms with Gasteiger partial charge >= 0.3 is 0 Å². The quantitative estimate of drug-likeness (QED) is 0.0812. The molecule has 0 aliphatic carbocycles. The molecule has 16 heterocycles. The molecule has 4 fully saturated rings. The smallest absolute Gasteiger partial charge is 0.289 e. The second kappa shape index (κ2) is 31.4. The number of fused-ring (bicyclic) bond motifs is 4. The molecular formula is C73H78FN27O5. The molecule has 106 heavy (non-hydrogen) atoms. The molecule has 12 aromatic heterocycles. The van der Waals surface area contributed by atoms with Crippen LogP contribution < -0.4 is 40.9 Å². The Bertz CT molecular complexity index is 5050. The number of aromatic nitrogens is 19. The third kappa shape index (κ3) is 16.0. The lowest BCUT2D eigenvalue weighted by atomic mass is 10.1. The fourth-order valence-electron chi connectivity index (χ4n) is 12.9. The van der Waals surface area contributed by atoms with Crippen molar-refractivity contribution >= 4 is 69.2 Å². The molecule has 33 heteroatoms. The Morgan fingerprint density at radius 1 is 0.462 bits per heavy atom. The fourth-order valence-corrected chi connectivity index (χ4v) is 12.9. The van der Waals surface area contributed by atoms with Crippen LogP contribution in [0.25, 0.3) is 28.0 Å². The Morgan fingerprint density at radius 2 is 0.915 bits per heavy atom. The van der Waals surface area contributed by atoms with E-state index in [1.54, 1.807) is 98.9 Å². The molecule has 17 rings (SSSR count). The van der Waals surface area contributed by atoms with Gasteiger partial charge in [0.05, 0.1) is 28.9 Å². The highest BCUT2D eigenvalue weighted by atomic mass is 19.1. The maximum Gasteiger partial charge on any atom is 0.289 e. The number of nitrogens with one attached hydrogen (secondary N) is 4. The number of rotatable bonds is 15. The van der Waals surface area contributed by atoms with Gasteiger partial charge in [-0.3, -0.25) is 23.6 Å². The van der Waals surface area contributed by atoms with Crippen molar-refractivity contribution in [2.24, 2.45) is 0 Å². The van der Waals surface area contributed by atoms with Crippen molar-refractivity contribution in [2.45, 2.75) is 96.0 Å². The molecule has 0 unspecified atom stereocenters. The van der Waals surface area contributed by atoms with E-state index < -0.39 is 12.1 Å². The SMILES string of the molecule is CC(C)c1cnc(C(=O)N[C@H]2CCN(c3nccn4ccnc34)C2)nc1.CC(C)c1cnc(C(=O)N[C@H]2CCN(c3nccn4cnnc34)C2)nc1.Cc1cnc(C(=O)N[C@H]2CCN(c3nccn4cccc34)C2)nc1.O=C(N[C@@H]1CN(c2nccn3cccc23)C[C@@H]1O)c1ccn(-c2ccc(F)cc2)n1. The highest BCUT2D eigenvalue weighted by Gasteiger charge is 2.36. The van der Waals surface area contributed by atoms with Crippen LogP contribution in [0.1, 0.15) is 118 Å². The Morgan fingerprint density at radius 3 is 1.43 bits per heavy atom. The van der Waals surface area contributed by atoms with Gasteiger partial charge < -0.3 is 59.2 Å². The summed E-state index contributed by atoms with van der Waals surface area (Å²) in [6, 6.07) is 15.0. The summed E-state index contributed by atoms with van der Waals surface area (Å²) in [7, 11) is 0. The molecule has 32 nitrogen and oxygen atoms in total. The van der Waals surface area contributed by atoms with E-state index in [0.717, 1.165) is 102 Å².